The Labute approximate surface area is 317 Å². The number of benzene rings is 3. The van der Waals surface area contributed by atoms with Crippen molar-refractivity contribution in [2.24, 2.45) is 5.41 Å². The first-order valence-corrected chi connectivity index (χ1v) is 19.2. The van der Waals surface area contributed by atoms with Crippen LogP contribution in [0.4, 0.5) is 14.9 Å². The quantitative estimate of drug-likeness (QED) is 0.150. The number of aliphatic hydroxyl groups excluding tert-OH is 1. The summed E-state index contributed by atoms with van der Waals surface area (Å²) in [6.45, 7) is 5.20. The number of nitrogens with zero attached hydrogens (tertiary/aromatic N) is 1. The number of fused-ring (bicyclic) bond motifs is 8. The van der Waals surface area contributed by atoms with Gasteiger partial charge in [-0.2, -0.15) is 0 Å². The monoisotopic (exact) mass is 746 g/mol. The lowest BCUT2D eigenvalue weighted by atomic mass is 9.64. The molecule has 3 aromatic carbocycles. The highest BCUT2D eigenvalue weighted by molar-refractivity contribution is 6.31. The van der Waals surface area contributed by atoms with E-state index in [0.29, 0.717) is 68.7 Å². The van der Waals surface area contributed by atoms with Crippen LogP contribution in [0, 0.1) is 11.2 Å². The zero-order valence-electron chi connectivity index (χ0n) is 31.0. The molecule has 8 nitrogen and oxygen atoms in total. The van der Waals surface area contributed by atoms with Crippen LogP contribution in [-0.4, -0.2) is 71.5 Å². The Kier molecular flexibility index (Phi) is 12.3. The minimum atomic E-state index is -1.32. The number of Topliss-reactive ketones (excluding diaryl/α,β-unsaturated/α-hetero) is 1. The van der Waals surface area contributed by atoms with Crippen molar-refractivity contribution < 1.29 is 33.7 Å². The Hall–Kier alpha value is -3.76. The predicted molar refractivity (Wildman–Crippen MR) is 205 cm³/mol. The van der Waals surface area contributed by atoms with Gasteiger partial charge in [-0.1, -0.05) is 48.4 Å². The first-order valence-electron chi connectivity index (χ1n) is 18.9. The van der Waals surface area contributed by atoms with E-state index in [1.165, 1.54) is 17.7 Å². The van der Waals surface area contributed by atoms with Gasteiger partial charge in [0.2, 0.25) is 0 Å². The molecule has 5 atom stereocenters. The van der Waals surface area contributed by atoms with Crippen LogP contribution in [-0.2, 0) is 17.6 Å². The van der Waals surface area contributed by atoms with E-state index in [1.54, 1.807) is 42.3 Å². The predicted octanol–water partition coefficient (Wildman–Crippen LogP) is 8.66. The fraction of sp³-hybridized carbons (Fsp3) is 0.488. The van der Waals surface area contributed by atoms with Gasteiger partial charge in [-0.25, -0.2) is 9.18 Å². The average molecular weight is 747 g/mol. The number of hydrogen-bond donors (Lipinski definition) is 3. The van der Waals surface area contributed by atoms with Gasteiger partial charge in [0, 0.05) is 46.8 Å². The van der Waals surface area contributed by atoms with E-state index >= 15 is 0 Å². The smallest absolute Gasteiger partial charge is 0.322 e. The highest BCUT2D eigenvalue weighted by Crippen LogP contribution is 2.59. The molecule has 3 aliphatic carbocycles. The van der Waals surface area contributed by atoms with Crippen molar-refractivity contribution >= 4 is 29.1 Å². The Balaban J connectivity index is 1.38. The lowest BCUT2D eigenvalue weighted by Gasteiger charge is -2.46. The summed E-state index contributed by atoms with van der Waals surface area (Å²) in [5, 5.41) is 27.1. The van der Waals surface area contributed by atoms with Gasteiger partial charge in [-0.15, -0.1) is 0 Å². The molecular weight excluding hydrogens is 695 g/mol. The van der Waals surface area contributed by atoms with Crippen LogP contribution >= 0.6 is 11.6 Å². The maximum atomic E-state index is 15.0. The number of carbonyl (C=O) groups excluding carboxylic acids is 2. The third-order valence-corrected chi connectivity index (χ3v) is 12.3. The molecule has 0 spiro atoms. The van der Waals surface area contributed by atoms with E-state index in [9.17, 15) is 24.2 Å². The minimum Gasteiger partial charge on any atom is -0.497 e. The van der Waals surface area contributed by atoms with E-state index in [1.807, 2.05) is 18.2 Å². The molecule has 10 heteroatoms. The number of nitrogens with one attached hydrogen (secondary N) is 1. The largest absolute Gasteiger partial charge is 0.497 e. The van der Waals surface area contributed by atoms with Crippen LogP contribution in [0.2, 0.25) is 5.02 Å². The maximum Gasteiger partial charge on any atom is 0.322 e. The molecule has 0 unspecified atom stereocenters. The molecule has 2 fully saturated rings. The topological polar surface area (TPSA) is 108 Å². The van der Waals surface area contributed by atoms with E-state index in [-0.39, 0.29) is 47.4 Å². The van der Waals surface area contributed by atoms with Gasteiger partial charge in [0.15, 0.2) is 5.78 Å². The summed E-state index contributed by atoms with van der Waals surface area (Å²) in [5.41, 5.74) is 1.88. The summed E-state index contributed by atoms with van der Waals surface area (Å²) in [7, 11) is 1.59. The molecule has 2 bridgehead atoms. The number of methoxy groups -OCH3 is 1. The fourth-order valence-corrected chi connectivity index (χ4v) is 8.87. The van der Waals surface area contributed by atoms with Gasteiger partial charge in [-0.3, -0.25) is 4.79 Å². The third kappa shape index (κ3) is 8.80. The second-order valence-electron chi connectivity index (χ2n) is 15.4. The lowest BCUT2D eigenvalue weighted by Crippen LogP contribution is -2.55. The summed E-state index contributed by atoms with van der Waals surface area (Å²) < 4.78 is 26.2. The molecular formula is C43H52ClFN2O6. The number of hydrogen-bond acceptors (Lipinski definition) is 6. The summed E-state index contributed by atoms with van der Waals surface area (Å²) in [5.74, 6) is -0.395. The standard InChI is InChI=1S/C43H52ClFN2O6/c1-28-7-5-20-42(2)37(34-18-12-29(23-31(48)15-11-28)24-35(34)40(49)25-36-38(44)9-4-10-39(36)45)19-21-43(42,51)27-47(26-33-8-6-22-53-33)41(50)46-30-13-16-32(52-3)17-14-30/h4,7,9-10,12-14,16-18,24,31,33,37,48,51H,5-6,8,11,15,19-23,25-27H2,1-3H3,(H,46,50)/t31-,33+,37-,42-,43+/m0/s1. The zero-order valence-corrected chi connectivity index (χ0v) is 31.8. The lowest BCUT2D eigenvalue weighted by molar-refractivity contribution is -0.0800. The summed E-state index contributed by atoms with van der Waals surface area (Å²) in [6.07, 6.45) is 6.90. The molecule has 1 saturated heterocycles. The van der Waals surface area contributed by atoms with Gasteiger partial charge in [0.05, 0.1) is 31.5 Å². The van der Waals surface area contributed by atoms with Gasteiger partial charge in [0.25, 0.3) is 0 Å². The molecule has 2 amide bonds. The summed E-state index contributed by atoms with van der Waals surface area (Å²) in [4.78, 5) is 30.0. The Morgan fingerprint density at radius 3 is 2.60 bits per heavy atom. The molecule has 7 rings (SSSR count). The van der Waals surface area contributed by atoms with Crippen molar-refractivity contribution in [1.29, 1.82) is 0 Å². The molecule has 284 valence electrons. The number of ether oxygens (including phenoxy) is 2. The highest BCUT2D eigenvalue weighted by Gasteiger charge is 2.57. The average Bonchev–Trinajstić information content (AvgIpc) is 3.74. The van der Waals surface area contributed by atoms with Crippen molar-refractivity contribution in [3.63, 3.8) is 0 Å². The van der Waals surface area contributed by atoms with Crippen LogP contribution < -0.4 is 10.1 Å². The number of halogens is 2. The van der Waals surface area contributed by atoms with Crippen LogP contribution in [0.3, 0.4) is 0 Å². The van der Waals surface area contributed by atoms with Crippen molar-refractivity contribution in [1.82, 2.24) is 4.90 Å². The van der Waals surface area contributed by atoms with Crippen LogP contribution in [0.15, 0.2) is 72.3 Å². The number of urea groups is 1. The molecule has 1 heterocycles. The second kappa shape index (κ2) is 16.7. The molecule has 4 aliphatic rings. The third-order valence-electron chi connectivity index (χ3n) is 11.9. The van der Waals surface area contributed by atoms with Crippen molar-refractivity contribution in [3.05, 3.63) is 105 Å². The molecule has 0 radical (unpaired) electrons. The maximum absolute atomic E-state index is 15.0. The van der Waals surface area contributed by atoms with Crippen molar-refractivity contribution in [2.75, 3.05) is 32.1 Å². The normalized spacial score (nSPS) is 26.0. The first-order chi connectivity index (χ1) is 25.4. The van der Waals surface area contributed by atoms with Crippen molar-refractivity contribution in [2.45, 2.75) is 102 Å². The van der Waals surface area contributed by atoms with E-state index in [0.717, 1.165) is 30.4 Å². The van der Waals surface area contributed by atoms with E-state index in [4.69, 9.17) is 21.1 Å². The molecule has 0 aromatic heterocycles. The molecule has 3 N–H and O–H groups in total. The van der Waals surface area contributed by atoms with Crippen LogP contribution in [0.5, 0.6) is 5.75 Å². The molecule has 1 aliphatic heterocycles. The number of amides is 2. The number of aliphatic hydroxyl groups is 2. The van der Waals surface area contributed by atoms with Gasteiger partial charge < -0.3 is 29.9 Å². The summed E-state index contributed by atoms with van der Waals surface area (Å²) >= 11 is 6.39. The van der Waals surface area contributed by atoms with Crippen LogP contribution in [0.25, 0.3) is 0 Å². The summed E-state index contributed by atoms with van der Waals surface area (Å²) in [6, 6.07) is 17.0. The van der Waals surface area contributed by atoms with Gasteiger partial charge >= 0.3 is 6.03 Å². The van der Waals surface area contributed by atoms with Crippen LogP contribution in [0.1, 0.15) is 98.2 Å². The zero-order chi connectivity index (χ0) is 37.8. The Morgan fingerprint density at radius 1 is 1.09 bits per heavy atom. The number of carbonyl (C=O) groups is 2. The molecule has 53 heavy (non-hydrogen) atoms. The second-order valence-corrected chi connectivity index (χ2v) is 15.8. The number of ketones is 1. The number of anilines is 1. The van der Waals surface area contributed by atoms with E-state index in [2.05, 4.69) is 25.2 Å². The van der Waals surface area contributed by atoms with Gasteiger partial charge in [-0.05, 0) is 124 Å². The highest BCUT2D eigenvalue weighted by atomic mass is 35.5. The number of rotatable bonds is 9. The van der Waals surface area contributed by atoms with Crippen molar-refractivity contribution in [3.8, 4) is 5.75 Å². The molecule has 3 aromatic rings. The Morgan fingerprint density at radius 2 is 1.89 bits per heavy atom. The van der Waals surface area contributed by atoms with E-state index < -0.39 is 22.9 Å². The number of allylic oxidation sites excluding steroid dienone is 2. The minimum absolute atomic E-state index is 0.0724. The Bertz CT molecular complexity index is 1790. The first kappa shape index (κ1) is 38.9. The molecule has 1 saturated carbocycles. The fourth-order valence-electron chi connectivity index (χ4n) is 8.64. The van der Waals surface area contributed by atoms with Gasteiger partial charge in [0.1, 0.15) is 11.6 Å². The SMILES string of the molecule is COc1ccc(NC(=O)N(C[C@H]2CCCO2)C[C@]2(O)CC[C@H]3c4ccc(cc4C(=O)Cc4c(F)cccc4Cl)C[C@@H](O)CCC(C)=CCC[C@@]32C)cc1.